The number of nitrogens with zero attached hydrogens (tertiary/aromatic N) is 1. The quantitative estimate of drug-likeness (QED) is 0.883. The second-order valence-corrected chi connectivity index (χ2v) is 5.44. The molecular formula is C15H16Cl2N2O. The molecule has 0 aliphatic rings. The van der Waals surface area contributed by atoms with Gasteiger partial charge in [-0.3, -0.25) is 4.98 Å². The topological polar surface area (TPSA) is 45.1 Å². The van der Waals surface area contributed by atoms with Crippen LogP contribution in [0.5, 0.6) is 0 Å². The van der Waals surface area contributed by atoms with Crippen molar-refractivity contribution in [2.24, 2.45) is 0 Å². The van der Waals surface area contributed by atoms with Gasteiger partial charge in [0, 0.05) is 40.6 Å². The SMILES string of the molecule is CC(NCC(O)c1cc(Cl)ccc1Cl)c1ccncc1. The Hall–Kier alpha value is -1.13. The van der Waals surface area contributed by atoms with E-state index in [9.17, 15) is 5.11 Å². The fourth-order valence-corrected chi connectivity index (χ4v) is 2.36. The Morgan fingerprint density at radius 2 is 1.90 bits per heavy atom. The Kier molecular flexibility index (Phi) is 5.38. The van der Waals surface area contributed by atoms with E-state index in [1.54, 1.807) is 30.6 Å². The van der Waals surface area contributed by atoms with Gasteiger partial charge in [0.2, 0.25) is 0 Å². The lowest BCUT2D eigenvalue weighted by Crippen LogP contribution is -2.24. The van der Waals surface area contributed by atoms with Crippen LogP contribution in [0.4, 0.5) is 0 Å². The van der Waals surface area contributed by atoms with E-state index < -0.39 is 6.10 Å². The van der Waals surface area contributed by atoms with Crippen LogP contribution < -0.4 is 5.32 Å². The molecule has 106 valence electrons. The summed E-state index contributed by atoms with van der Waals surface area (Å²) in [7, 11) is 0. The Morgan fingerprint density at radius 1 is 1.20 bits per heavy atom. The third kappa shape index (κ3) is 3.93. The average molecular weight is 311 g/mol. The zero-order valence-corrected chi connectivity index (χ0v) is 12.6. The first-order chi connectivity index (χ1) is 9.58. The molecule has 2 atom stereocenters. The highest BCUT2D eigenvalue weighted by Crippen LogP contribution is 2.26. The number of rotatable bonds is 5. The van der Waals surface area contributed by atoms with Gasteiger partial charge in [-0.1, -0.05) is 23.2 Å². The lowest BCUT2D eigenvalue weighted by Gasteiger charge is -2.18. The summed E-state index contributed by atoms with van der Waals surface area (Å²) in [5, 5.41) is 14.5. The molecule has 5 heteroatoms. The van der Waals surface area contributed by atoms with Crippen molar-refractivity contribution in [1.82, 2.24) is 10.3 Å². The average Bonchev–Trinajstić information content (AvgIpc) is 2.47. The molecule has 2 aromatic rings. The summed E-state index contributed by atoms with van der Waals surface area (Å²) in [6.07, 6.45) is 2.79. The number of aromatic nitrogens is 1. The van der Waals surface area contributed by atoms with Crippen LogP contribution in [0.3, 0.4) is 0 Å². The van der Waals surface area contributed by atoms with E-state index in [0.717, 1.165) is 5.56 Å². The van der Waals surface area contributed by atoms with Gasteiger partial charge in [0.1, 0.15) is 0 Å². The molecule has 1 heterocycles. The maximum Gasteiger partial charge on any atom is 0.0929 e. The highest BCUT2D eigenvalue weighted by atomic mass is 35.5. The largest absolute Gasteiger partial charge is 0.387 e. The number of pyridine rings is 1. The Bertz CT molecular complexity index is 563. The van der Waals surface area contributed by atoms with E-state index in [1.165, 1.54) is 0 Å². The standard InChI is InChI=1S/C15H16Cl2N2O/c1-10(11-4-6-18-7-5-11)19-9-15(20)13-8-12(16)2-3-14(13)17/h2-8,10,15,19-20H,9H2,1H3. The highest BCUT2D eigenvalue weighted by Gasteiger charge is 2.14. The zero-order valence-electron chi connectivity index (χ0n) is 11.1. The Morgan fingerprint density at radius 3 is 2.60 bits per heavy atom. The van der Waals surface area contributed by atoms with Gasteiger partial charge < -0.3 is 10.4 Å². The van der Waals surface area contributed by atoms with Crippen LogP contribution in [0.15, 0.2) is 42.7 Å². The van der Waals surface area contributed by atoms with E-state index in [-0.39, 0.29) is 6.04 Å². The van der Waals surface area contributed by atoms with Crippen molar-refractivity contribution < 1.29 is 5.11 Å². The van der Waals surface area contributed by atoms with Crippen molar-refractivity contribution in [2.45, 2.75) is 19.1 Å². The minimum atomic E-state index is -0.703. The normalized spacial score (nSPS) is 14.0. The number of aliphatic hydroxyl groups is 1. The second-order valence-electron chi connectivity index (χ2n) is 4.59. The van der Waals surface area contributed by atoms with E-state index >= 15 is 0 Å². The van der Waals surface area contributed by atoms with Crippen LogP contribution in [0.25, 0.3) is 0 Å². The Balaban J connectivity index is 1.98. The molecule has 3 nitrogen and oxygen atoms in total. The van der Waals surface area contributed by atoms with Crippen molar-refractivity contribution in [2.75, 3.05) is 6.54 Å². The molecule has 0 bridgehead atoms. The van der Waals surface area contributed by atoms with Crippen molar-refractivity contribution in [3.8, 4) is 0 Å². The Labute approximate surface area is 128 Å². The van der Waals surface area contributed by atoms with Crippen LogP contribution in [0, 0.1) is 0 Å². The minimum Gasteiger partial charge on any atom is -0.387 e. The molecule has 0 radical (unpaired) electrons. The fourth-order valence-electron chi connectivity index (χ4n) is 1.94. The van der Waals surface area contributed by atoms with Crippen molar-refractivity contribution >= 4 is 23.2 Å². The number of nitrogens with one attached hydrogen (secondary N) is 1. The highest BCUT2D eigenvalue weighted by molar-refractivity contribution is 6.33. The summed E-state index contributed by atoms with van der Waals surface area (Å²) in [6.45, 7) is 2.42. The van der Waals surface area contributed by atoms with Gasteiger partial charge in [-0.2, -0.15) is 0 Å². The molecular weight excluding hydrogens is 295 g/mol. The van der Waals surface area contributed by atoms with E-state index in [0.29, 0.717) is 22.2 Å². The van der Waals surface area contributed by atoms with Crippen LogP contribution in [0.1, 0.15) is 30.2 Å². The lowest BCUT2D eigenvalue weighted by molar-refractivity contribution is 0.171. The van der Waals surface area contributed by atoms with Gasteiger partial charge in [-0.05, 0) is 42.8 Å². The minimum absolute atomic E-state index is 0.116. The summed E-state index contributed by atoms with van der Waals surface area (Å²) >= 11 is 12.0. The van der Waals surface area contributed by atoms with Gasteiger partial charge in [0.05, 0.1) is 6.10 Å². The molecule has 2 N–H and O–H groups in total. The second kappa shape index (κ2) is 7.04. The number of hydrogen-bond donors (Lipinski definition) is 2. The number of benzene rings is 1. The van der Waals surface area contributed by atoms with Crippen molar-refractivity contribution in [1.29, 1.82) is 0 Å². The molecule has 1 aromatic carbocycles. The molecule has 0 aliphatic heterocycles. The third-order valence-corrected chi connectivity index (χ3v) is 3.72. The van der Waals surface area contributed by atoms with E-state index in [2.05, 4.69) is 10.3 Å². The summed E-state index contributed by atoms with van der Waals surface area (Å²) < 4.78 is 0. The van der Waals surface area contributed by atoms with Crippen LogP contribution >= 0.6 is 23.2 Å². The molecule has 0 aliphatic carbocycles. The van der Waals surface area contributed by atoms with E-state index in [1.807, 2.05) is 19.1 Å². The maximum absolute atomic E-state index is 10.2. The molecule has 0 saturated carbocycles. The van der Waals surface area contributed by atoms with Crippen molar-refractivity contribution in [3.63, 3.8) is 0 Å². The smallest absolute Gasteiger partial charge is 0.0929 e. The maximum atomic E-state index is 10.2. The van der Waals surface area contributed by atoms with Crippen LogP contribution in [0.2, 0.25) is 10.0 Å². The van der Waals surface area contributed by atoms with Gasteiger partial charge in [-0.15, -0.1) is 0 Å². The first-order valence-electron chi connectivity index (χ1n) is 6.34. The lowest BCUT2D eigenvalue weighted by atomic mass is 10.1. The summed E-state index contributed by atoms with van der Waals surface area (Å²) in [6, 6.07) is 9.08. The molecule has 2 rings (SSSR count). The van der Waals surface area contributed by atoms with Gasteiger partial charge >= 0.3 is 0 Å². The summed E-state index contributed by atoms with van der Waals surface area (Å²) in [5.74, 6) is 0. The van der Waals surface area contributed by atoms with Crippen LogP contribution in [-0.2, 0) is 0 Å². The molecule has 0 saturated heterocycles. The molecule has 2 unspecified atom stereocenters. The molecule has 0 spiro atoms. The first-order valence-corrected chi connectivity index (χ1v) is 7.10. The fraction of sp³-hybridized carbons (Fsp3) is 0.267. The predicted molar refractivity (Wildman–Crippen MR) is 82.1 cm³/mol. The number of hydrogen-bond acceptors (Lipinski definition) is 3. The van der Waals surface area contributed by atoms with Gasteiger partial charge in [0.25, 0.3) is 0 Å². The predicted octanol–water partition coefficient (Wildman–Crippen LogP) is 3.77. The zero-order chi connectivity index (χ0) is 14.5. The molecule has 0 amide bonds. The first kappa shape index (κ1) is 15.3. The van der Waals surface area contributed by atoms with E-state index in [4.69, 9.17) is 23.2 Å². The molecule has 1 aromatic heterocycles. The van der Waals surface area contributed by atoms with Gasteiger partial charge in [-0.25, -0.2) is 0 Å². The monoisotopic (exact) mass is 310 g/mol. The van der Waals surface area contributed by atoms with Crippen molar-refractivity contribution in [3.05, 3.63) is 63.9 Å². The number of aliphatic hydroxyl groups excluding tert-OH is 1. The van der Waals surface area contributed by atoms with Crippen LogP contribution in [-0.4, -0.2) is 16.6 Å². The number of halogens is 2. The van der Waals surface area contributed by atoms with Gasteiger partial charge in [0.15, 0.2) is 0 Å². The molecule has 20 heavy (non-hydrogen) atoms. The summed E-state index contributed by atoms with van der Waals surface area (Å²) in [4.78, 5) is 3.98. The molecule has 0 fully saturated rings. The third-order valence-electron chi connectivity index (χ3n) is 3.14. The summed E-state index contributed by atoms with van der Waals surface area (Å²) in [5.41, 5.74) is 1.75.